The van der Waals surface area contributed by atoms with Gasteiger partial charge in [-0.2, -0.15) is 0 Å². The summed E-state index contributed by atoms with van der Waals surface area (Å²) in [5.41, 5.74) is 28.1. The number of hydrogen-bond donors (Lipinski definition) is 18. The van der Waals surface area contributed by atoms with E-state index in [1.54, 1.807) is 30.3 Å². The van der Waals surface area contributed by atoms with Gasteiger partial charge in [-0.3, -0.25) is 62.5 Å². The van der Waals surface area contributed by atoms with Crippen LogP contribution in [0.5, 0.6) is 5.75 Å². The summed E-state index contributed by atoms with van der Waals surface area (Å²) in [6, 6.07) is 1.25. The Labute approximate surface area is 535 Å². The van der Waals surface area contributed by atoms with Gasteiger partial charge in [0, 0.05) is 50.3 Å². The van der Waals surface area contributed by atoms with Crippen LogP contribution in [-0.4, -0.2) is 231 Å². The Morgan fingerprint density at radius 3 is 1.95 bits per heavy atom. The number of phenols is 1. The van der Waals surface area contributed by atoms with E-state index in [4.69, 9.17) is 38.1 Å². The zero-order valence-electron chi connectivity index (χ0n) is 50.0. The highest BCUT2D eigenvalue weighted by Gasteiger charge is 2.45. The zero-order chi connectivity index (χ0) is 67.6. The average molecular weight is 1330 g/mol. The summed E-state index contributed by atoms with van der Waals surface area (Å²) in [6.07, 6.45) is -10.5. The third kappa shape index (κ3) is 24.0. The van der Waals surface area contributed by atoms with Crippen LogP contribution < -0.4 is 71.2 Å². The van der Waals surface area contributed by atoms with Crippen molar-refractivity contribution in [2.24, 2.45) is 33.7 Å². The van der Waals surface area contributed by atoms with Gasteiger partial charge in [0.15, 0.2) is 12.2 Å². The van der Waals surface area contributed by atoms with Gasteiger partial charge >= 0.3 is 0 Å². The Balaban J connectivity index is 1.53. The number of rotatable bonds is 26. The van der Waals surface area contributed by atoms with Crippen LogP contribution in [0, 0.1) is 0 Å². The van der Waals surface area contributed by atoms with Crippen LogP contribution in [0.25, 0.3) is 0 Å². The summed E-state index contributed by atoms with van der Waals surface area (Å²) in [7, 11) is 1.74. The predicted octanol–water partition coefficient (Wildman–Crippen LogP) is -7.65. The summed E-state index contributed by atoms with van der Waals surface area (Å²) >= 11 is 0. The molecule has 36 heteroatoms. The molecule has 23 N–H and O–H groups in total. The number of nitrogens with zero attached hydrogens (tertiary/aromatic N) is 2. The van der Waals surface area contributed by atoms with Gasteiger partial charge in [0.2, 0.25) is 70.9 Å². The van der Waals surface area contributed by atoms with Crippen molar-refractivity contribution in [2.45, 2.75) is 150 Å². The number of hydrogen-bond acceptors (Lipinski definition) is 22. The average Bonchev–Trinajstić information content (AvgIpc) is 1.55. The maximum absolute atomic E-state index is 15.0. The normalized spacial score (nSPS) is 25.6. The van der Waals surface area contributed by atoms with Crippen LogP contribution in [0.4, 0.5) is 0 Å². The largest absolute Gasteiger partial charge is 0.508 e. The number of ether oxygens (including phenoxy) is 2. The first-order valence-electron chi connectivity index (χ1n) is 29.3. The van der Waals surface area contributed by atoms with Crippen LogP contribution in [0.15, 0.2) is 59.6 Å². The lowest BCUT2D eigenvalue weighted by molar-refractivity contribution is -0.301. The van der Waals surface area contributed by atoms with Crippen LogP contribution in [0.3, 0.4) is 0 Å². The van der Waals surface area contributed by atoms with Crippen LogP contribution in [0.1, 0.15) is 68.9 Å². The molecular formula is C56H81N15O19S2. The Hall–Kier alpha value is -8.39. The van der Waals surface area contributed by atoms with Gasteiger partial charge in [-0.05, 0) is 61.8 Å². The number of aromatic hydroxyl groups is 1. The predicted molar refractivity (Wildman–Crippen MR) is 328 cm³/mol. The molecule has 0 spiro atoms. The van der Waals surface area contributed by atoms with Crippen molar-refractivity contribution in [2.75, 3.05) is 44.4 Å². The molecule has 3 unspecified atom stereocenters. The zero-order valence-corrected chi connectivity index (χ0v) is 51.6. The van der Waals surface area contributed by atoms with Crippen molar-refractivity contribution in [3.05, 3.63) is 65.7 Å². The first-order chi connectivity index (χ1) is 43.7. The molecule has 0 saturated carbocycles. The molecule has 34 nitrogen and oxygen atoms in total. The van der Waals surface area contributed by atoms with Crippen molar-refractivity contribution in [3.8, 4) is 5.75 Å². The lowest BCUT2D eigenvalue weighted by Gasteiger charge is -2.39. The van der Waals surface area contributed by atoms with E-state index in [1.165, 1.54) is 24.3 Å². The minimum Gasteiger partial charge on any atom is -0.508 e. The van der Waals surface area contributed by atoms with E-state index in [2.05, 4.69) is 47.5 Å². The summed E-state index contributed by atoms with van der Waals surface area (Å²) in [4.78, 5) is 171. The van der Waals surface area contributed by atoms with Gasteiger partial charge in [0.25, 0.3) is 0 Å². The smallest absolute Gasteiger partial charge is 0.246 e. The minimum absolute atomic E-state index is 0.0386. The van der Waals surface area contributed by atoms with Crippen molar-refractivity contribution in [3.63, 3.8) is 0 Å². The molecule has 3 fully saturated rings. The molecule has 0 aliphatic carbocycles. The second-order valence-electron chi connectivity index (χ2n) is 21.8. The Morgan fingerprint density at radius 1 is 0.707 bits per heavy atom. The highest BCUT2D eigenvalue weighted by atomic mass is 33.1. The lowest BCUT2D eigenvalue weighted by Crippen LogP contribution is -2.61. The number of likely N-dealkylation sites (tertiary alicyclic amines) is 1. The Bertz CT molecular complexity index is 2930. The molecule has 92 heavy (non-hydrogen) atoms. The molecule has 3 aliphatic rings. The molecule has 0 aromatic heterocycles. The van der Waals surface area contributed by atoms with Gasteiger partial charge in [-0.15, -0.1) is 0 Å². The van der Waals surface area contributed by atoms with E-state index in [1.807, 2.05) is 0 Å². The standard InChI is InChI=1S/C56H81N15O19S2/c57-40(74)17-16-32-48(82)69-35(23-41(58)75)51(85)70-37(54(88)71-19-5-10-38(71)53(87)66-31(9-4-18-62-56(60)61)47(81)63-24-42(59)76)27-92-91-26-36(64-43(77)11-6-20-89-55-46(80)45(79)44(78)39(25-72)90-55)52(86)68-34(22-29-12-14-30(73)15-13-29)50(84)67-33(49(83)65-32)21-28-7-2-1-3-8-28/h1-3,7-8,12-15,31-39,44-46,55,72-73,78-80H,4-6,9-11,16-27H2,(H2,57,74)(H2,58,75)(H2,59,76)(H,63,81)(H,64,77)(H,65,83)(H,66,87)(H,67,84)(H,68,86)(H,69,82)(H,70,85)(H4,60,61,62)/t31-,32?,33-,34?,35?,36-,37-,38-,39+,44-,45-,46+,55+/m0/s1. The Kier molecular flexibility index (Phi) is 30.1. The second-order valence-corrected chi connectivity index (χ2v) is 24.3. The molecule has 0 radical (unpaired) electrons. The van der Waals surface area contributed by atoms with Gasteiger partial charge in [0.05, 0.1) is 26.2 Å². The molecule has 3 aliphatic heterocycles. The summed E-state index contributed by atoms with van der Waals surface area (Å²) in [5.74, 6) is -12.7. The van der Waals surface area contributed by atoms with Crippen molar-refractivity contribution >= 4 is 98.4 Å². The van der Waals surface area contributed by atoms with Gasteiger partial charge in [-0.1, -0.05) is 64.1 Å². The number of primary amides is 3. The summed E-state index contributed by atoms with van der Waals surface area (Å²) < 4.78 is 10.9. The third-order valence-electron chi connectivity index (χ3n) is 14.6. The number of carbonyl (C=O) groups excluding carboxylic acids is 12. The first kappa shape index (κ1) is 74.3. The number of nitrogens with one attached hydrogen (secondary N) is 8. The van der Waals surface area contributed by atoms with Crippen molar-refractivity contribution in [1.29, 1.82) is 0 Å². The van der Waals surface area contributed by atoms with E-state index in [0.717, 1.165) is 26.5 Å². The van der Waals surface area contributed by atoms with Gasteiger partial charge < -0.3 is 111 Å². The number of benzene rings is 2. The molecule has 12 amide bonds. The molecule has 2 aromatic rings. The fraction of sp³-hybridized carbons (Fsp3) is 0.554. The number of aliphatic hydroxyl groups excluding tert-OH is 4. The van der Waals surface area contributed by atoms with E-state index < -0.39 is 188 Å². The fourth-order valence-electron chi connectivity index (χ4n) is 9.80. The van der Waals surface area contributed by atoms with Gasteiger partial charge in [0.1, 0.15) is 78.5 Å². The molecule has 2 aromatic carbocycles. The monoisotopic (exact) mass is 1330 g/mol. The number of nitrogens with two attached hydrogens (primary N) is 5. The van der Waals surface area contributed by atoms with Crippen molar-refractivity contribution in [1.82, 2.24) is 47.4 Å². The first-order valence-corrected chi connectivity index (χ1v) is 31.8. The summed E-state index contributed by atoms with van der Waals surface area (Å²) in [5, 5.41) is 70.9. The van der Waals surface area contributed by atoms with E-state index in [9.17, 15) is 83.1 Å². The van der Waals surface area contributed by atoms with Crippen LogP contribution in [0.2, 0.25) is 0 Å². The summed E-state index contributed by atoms with van der Waals surface area (Å²) in [6.45, 7) is -1.65. The number of carbonyl (C=O) groups is 12. The van der Waals surface area contributed by atoms with Crippen LogP contribution >= 0.6 is 21.6 Å². The van der Waals surface area contributed by atoms with Crippen LogP contribution in [-0.2, 0) is 79.8 Å². The maximum atomic E-state index is 15.0. The number of guanidine groups is 1. The number of aliphatic imine (C=N–C) groups is 1. The third-order valence-corrected chi connectivity index (χ3v) is 17.0. The Morgan fingerprint density at radius 2 is 1.32 bits per heavy atom. The molecule has 506 valence electrons. The molecular weight excluding hydrogens is 1250 g/mol. The number of amides is 12. The minimum atomic E-state index is -1.89. The maximum Gasteiger partial charge on any atom is 0.246 e. The SMILES string of the molecule is NC(=O)CCC1NC(=O)[C@H](Cc2ccccc2)NC(=O)C(Cc2ccc(O)cc2)NC(=O)[C@@H](NC(=O)CCCO[C@@H]2O[C@H](CO)[C@H](O)[C@H](O)[C@H]2O)CSSC[C@@H](C(=O)N2CCC[C@H]2C(=O)N[C@@H](CCCN=C(N)N)C(=O)NCC(N)=O)NC(=O)C(CC(N)=O)NC1=O. The molecule has 3 heterocycles. The quantitative estimate of drug-likeness (QED) is 0.0180. The second kappa shape index (κ2) is 37.2. The fourth-order valence-corrected chi connectivity index (χ4v) is 12.1. The molecule has 13 atom stereocenters. The van der Waals surface area contributed by atoms with E-state index >= 15 is 0 Å². The topological polar surface area (TPSA) is 566 Å². The van der Waals surface area contributed by atoms with E-state index in [-0.39, 0.29) is 88.5 Å². The molecule has 3 saturated heterocycles. The highest BCUT2D eigenvalue weighted by molar-refractivity contribution is 8.76. The molecule has 5 rings (SSSR count). The molecule has 0 bridgehead atoms. The van der Waals surface area contributed by atoms with Crippen molar-refractivity contribution < 1.29 is 92.5 Å². The number of aliphatic hydroxyl groups is 4. The lowest BCUT2D eigenvalue weighted by atomic mass is 9.99. The van der Waals surface area contributed by atoms with E-state index in [0.29, 0.717) is 11.1 Å². The highest BCUT2D eigenvalue weighted by Crippen LogP contribution is 2.27. The van der Waals surface area contributed by atoms with Gasteiger partial charge in [-0.25, -0.2) is 0 Å². The number of phenolic OH excluding ortho intramolecular Hbond substituents is 1.